The topological polar surface area (TPSA) is 39.8 Å². The van der Waals surface area contributed by atoms with Crippen LogP contribution in [0.5, 0.6) is 0 Å². The average molecular weight is 189 g/mol. The third kappa shape index (κ3) is 1.08. The number of aryl methyl sites for hydroxylation is 1. The molecule has 0 unspecified atom stereocenters. The van der Waals surface area contributed by atoms with E-state index in [2.05, 4.69) is 11.6 Å². The zero-order valence-electron chi connectivity index (χ0n) is 7.97. The lowest BCUT2D eigenvalue weighted by Crippen LogP contribution is -2.21. The minimum atomic E-state index is -0.0569. The van der Waals surface area contributed by atoms with Crippen molar-refractivity contribution in [1.82, 2.24) is 14.1 Å². The third-order valence-corrected chi connectivity index (χ3v) is 2.20. The van der Waals surface area contributed by atoms with E-state index < -0.39 is 0 Å². The lowest BCUT2D eigenvalue weighted by Gasteiger charge is -1.95. The smallest absolute Gasteiger partial charge is 0.286 e. The van der Waals surface area contributed by atoms with E-state index in [0.29, 0.717) is 12.2 Å². The van der Waals surface area contributed by atoms with Gasteiger partial charge in [0.15, 0.2) is 5.65 Å². The molecule has 2 heterocycles. The fraction of sp³-hybridized carbons (Fsp3) is 0.200. The summed E-state index contributed by atoms with van der Waals surface area (Å²) >= 11 is 0. The number of allylic oxidation sites excluding steroid dienone is 1. The quantitative estimate of drug-likeness (QED) is 0.659. The number of hydrogen-bond donors (Lipinski definition) is 0. The zero-order valence-corrected chi connectivity index (χ0v) is 7.97. The summed E-state index contributed by atoms with van der Waals surface area (Å²) in [6.07, 6.45) is 3.38. The number of aromatic nitrogens is 3. The summed E-state index contributed by atoms with van der Waals surface area (Å²) in [4.78, 5) is 15.9. The Kier molecular flexibility index (Phi) is 1.96. The van der Waals surface area contributed by atoms with Gasteiger partial charge in [0.2, 0.25) is 0 Å². The fourth-order valence-electron chi connectivity index (χ4n) is 1.54. The van der Waals surface area contributed by atoms with Gasteiger partial charge in [0, 0.05) is 19.8 Å². The highest BCUT2D eigenvalue weighted by molar-refractivity contribution is 5.71. The van der Waals surface area contributed by atoms with Crippen LogP contribution < -0.4 is 5.69 Å². The highest BCUT2D eigenvalue weighted by Gasteiger charge is 2.08. The maximum Gasteiger partial charge on any atom is 0.330 e. The third-order valence-electron chi connectivity index (χ3n) is 2.20. The van der Waals surface area contributed by atoms with Crippen molar-refractivity contribution in [1.29, 1.82) is 0 Å². The van der Waals surface area contributed by atoms with Crippen molar-refractivity contribution in [3.8, 4) is 0 Å². The standard InChI is InChI=1S/C10H11N3O/c1-3-7-13-8-5-4-6-11-9(8)12(2)10(13)14/h3-6H,1,7H2,2H3. The van der Waals surface area contributed by atoms with Gasteiger partial charge in [-0.05, 0) is 12.1 Å². The van der Waals surface area contributed by atoms with E-state index in [-0.39, 0.29) is 5.69 Å². The molecule has 2 aromatic heterocycles. The van der Waals surface area contributed by atoms with Crippen molar-refractivity contribution in [2.75, 3.05) is 0 Å². The number of nitrogens with zero attached hydrogens (tertiary/aromatic N) is 3. The van der Waals surface area contributed by atoms with Gasteiger partial charge in [-0.3, -0.25) is 9.13 Å². The van der Waals surface area contributed by atoms with Gasteiger partial charge in [-0.2, -0.15) is 0 Å². The zero-order chi connectivity index (χ0) is 10.1. The van der Waals surface area contributed by atoms with Gasteiger partial charge >= 0.3 is 5.69 Å². The molecule has 0 saturated heterocycles. The maximum atomic E-state index is 11.7. The summed E-state index contributed by atoms with van der Waals surface area (Å²) in [5, 5.41) is 0. The van der Waals surface area contributed by atoms with E-state index in [1.165, 1.54) is 0 Å². The molecule has 0 amide bonds. The monoisotopic (exact) mass is 189 g/mol. The largest absolute Gasteiger partial charge is 0.330 e. The summed E-state index contributed by atoms with van der Waals surface area (Å²) in [7, 11) is 1.72. The van der Waals surface area contributed by atoms with E-state index in [1.54, 1.807) is 28.5 Å². The Balaban J connectivity index is 2.87. The Labute approximate surface area is 81.1 Å². The molecule has 0 spiro atoms. The Morgan fingerprint density at radius 2 is 2.43 bits per heavy atom. The number of imidazole rings is 1. The van der Waals surface area contributed by atoms with Gasteiger partial charge < -0.3 is 0 Å². The second-order valence-electron chi connectivity index (χ2n) is 3.09. The summed E-state index contributed by atoms with van der Waals surface area (Å²) < 4.78 is 3.19. The van der Waals surface area contributed by atoms with Crippen molar-refractivity contribution < 1.29 is 0 Å². The normalized spacial score (nSPS) is 10.6. The van der Waals surface area contributed by atoms with Crippen LogP contribution in [0.3, 0.4) is 0 Å². The Morgan fingerprint density at radius 1 is 1.64 bits per heavy atom. The molecule has 14 heavy (non-hydrogen) atoms. The molecule has 0 aromatic carbocycles. The van der Waals surface area contributed by atoms with Crippen molar-refractivity contribution in [2.24, 2.45) is 7.05 Å². The molecular formula is C10H11N3O. The van der Waals surface area contributed by atoms with Crippen LogP contribution in [-0.4, -0.2) is 14.1 Å². The first-order valence-electron chi connectivity index (χ1n) is 4.37. The average Bonchev–Trinajstić information content (AvgIpc) is 2.45. The molecule has 0 saturated carbocycles. The summed E-state index contributed by atoms with van der Waals surface area (Å²) in [6.45, 7) is 4.14. The van der Waals surface area contributed by atoms with Gasteiger partial charge in [0.1, 0.15) is 0 Å². The van der Waals surface area contributed by atoms with Gasteiger partial charge in [0.05, 0.1) is 5.52 Å². The number of rotatable bonds is 2. The molecule has 0 aliphatic rings. The predicted octanol–water partition coefficient (Wildman–Crippen LogP) is 0.921. The van der Waals surface area contributed by atoms with Crippen molar-refractivity contribution in [3.63, 3.8) is 0 Å². The lowest BCUT2D eigenvalue weighted by atomic mass is 10.4. The van der Waals surface area contributed by atoms with E-state index in [9.17, 15) is 4.79 Å². The maximum absolute atomic E-state index is 11.7. The first kappa shape index (κ1) is 8.74. The second-order valence-corrected chi connectivity index (χ2v) is 3.09. The Hall–Kier alpha value is -1.84. The fourth-order valence-corrected chi connectivity index (χ4v) is 1.54. The van der Waals surface area contributed by atoms with E-state index in [4.69, 9.17) is 0 Å². The molecule has 0 fully saturated rings. The molecular weight excluding hydrogens is 178 g/mol. The molecule has 0 atom stereocenters. The van der Waals surface area contributed by atoms with Crippen LogP contribution >= 0.6 is 0 Å². The first-order chi connectivity index (χ1) is 6.75. The number of pyridine rings is 1. The summed E-state index contributed by atoms with van der Waals surface area (Å²) in [5.41, 5.74) is 1.50. The molecule has 72 valence electrons. The van der Waals surface area contributed by atoms with Crippen LogP contribution in [0.4, 0.5) is 0 Å². The van der Waals surface area contributed by atoms with Crippen LogP contribution in [0.25, 0.3) is 11.2 Å². The van der Waals surface area contributed by atoms with Crippen LogP contribution in [0, 0.1) is 0 Å². The van der Waals surface area contributed by atoms with Crippen molar-refractivity contribution >= 4 is 11.2 Å². The second kappa shape index (κ2) is 3.14. The first-order valence-corrected chi connectivity index (χ1v) is 4.37. The Morgan fingerprint density at radius 3 is 3.14 bits per heavy atom. The lowest BCUT2D eigenvalue weighted by molar-refractivity contribution is 0.748. The molecule has 4 nitrogen and oxygen atoms in total. The van der Waals surface area contributed by atoms with Crippen LogP contribution in [0.1, 0.15) is 0 Å². The minimum absolute atomic E-state index is 0.0569. The molecule has 0 aliphatic heterocycles. The molecule has 2 rings (SSSR count). The van der Waals surface area contributed by atoms with E-state index in [0.717, 1.165) is 5.52 Å². The van der Waals surface area contributed by atoms with Crippen LogP contribution in [0.15, 0.2) is 35.8 Å². The highest BCUT2D eigenvalue weighted by Crippen LogP contribution is 2.07. The molecule has 0 radical (unpaired) electrons. The van der Waals surface area contributed by atoms with Crippen molar-refractivity contribution in [3.05, 3.63) is 41.5 Å². The van der Waals surface area contributed by atoms with Gasteiger partial charge in [-0.15, -0.1) is 6.58 Å². The molecule has 4 heteroatoms. The minimum Gasteiger partial charge on any atom is -0.286 e. The SMILES string of the molecule is C=CCn1c(=O)n(C)c2ncccc21. The molecule has 0 aliphatic carbocycles. The summed E-state index contributed by atoms with van der Waals surface area (Å²) in [5.74, 6) is 0. The number of hydrogen-bond acceptors (Lipinski definition) is 2. The van der Waals surface area contributed by atoms with Gasteiger partial charge in [-0.1, -0.05) is 6.08 Å². The van der Waals surface area contributed by atoms with Crippen LogP contribution in [0.2, 0.25) is 0 Å². The van der Waals surface area contributed by atoms with Crippen molar-refractivity contribution in [2.45, 2.75) is 6.54 Å². The van der Waals surface area contributed by atoms with Gasteiger partial charge in [-0.25, -0.2) is 9.78 Å². The van der Waals surface area contributed by atoms with E-state index in [1.807, 2.05) is 12.1 Å². The van der Waals surface area contributed by atoms with Gasteiger partial charge in [0.25, 0.3) is 0 Å². The van der Waals surface area contributed by atoms with E-state index >= 15 is 0 Å². The molecule has 0 N–H and O–H groups in total. The molecule has 0 bridgehead atoms. The predicted molar refractivity (Wildman–Crippen MR) is 55.2 cm³/mol. The highest BCUT2D eigenvalue weighted by atomic mass is 16.1. The Bertz CT molecular complexity index is 536. The summed E-state index contributed by atoms with van der Waals surface area (Å²) in [6, 6.07) is 3.70. The molecule has 2 aromatic rings. The number of fused-ring (bicyclic) bond motifs is 1. The van der Waals surface area contributed by atoms with Crippen LogP contribution in [-0.2, 0) is 13.6 Å².